The van der Waals surface area contributed by atoms with E-state index in [4.69, 9.17) is 27.9 Å². The van der Waals surface area contributed by atoms with Crippen molar-refractivity contribution >= 4 is 80.4 Å². The van der Waals surface area contributed by atoms with Crippen molar-refractivity contribution in [2.24, 2.45) is 4.99 Å². The third kappa shape index (κ3) is 5.07. The molecule has 27 heavy (non-hydrogen) atoms. The van der Waals surface area contributed by atoms with Crippen LogP contribution in [-0.4, -0.2) is 17.7 Å². The maximum Gasteiger partial charge on any atom is 0.264 e. The first kappa shape index (κ1) is 20.3. The van der Waals surface area contributed by atoms with Crippen LogP contribution in [0.3, 0.4) is 0 Å². The standard InChI is InChI=1S/C19H13Cl2IN2O2S/c1-2-8-26-15-7-6-11(9-13(15)22)10-16-18(25)24-19(27-16)23-14-5-3-4-12(20)17(14)21/h2-7,9-10H,1,8H2,(H,23,24,25)/b16-10+. The summed E-state index contributed by atoms with van der Waals surface area (Å²) in [4.78, 5) is 17.2. The van der Waals surface area contributed by atoms with Gasteiger partial charge in [-0.25, -0.2) is 4.99 Å². The molecule has 1 N–H and O–H groups in total. The highest BCUT2D eigenvalue weighted by atomic mass is 127. The van der Waals surface area contributed by atoms with Gasteiger partial charge in [-0.05, 0) is 70.3 Å². The van der Waals surface area contributed by atoms with E-state index < -0.39 is 0 Å². The van der Waals surface area contributed by atoms with Gasteiger partial charge < -0.3 is 10.1 Å². The number of amidine groups is 1. The Morgan fingerprint density at radius 1 is 1.30 bits per heavy atom. The summed E-state index contributed by atoms with van der Waals surface area (Å²) < 4.78 is 6.51. The summed E-state index contributed by atoms with van der Waals surface area (Å²) in [5, 5.41) is 3.96. The minimum absolute atomic E-state index is 0.209. The zero-order valence-electron chi connectivity index (χ0n) is 13.8. The Labute approximate surface area is 184 Å². The third-order valence-electron chi connectivity index (χ3n) is 3.41. The lowest BCUT2D eigenvalue weighted by Gasteiger charge is -2.06. The molecule has 2 aromatic carbocycles. The van der Waals surface area contributed by atoms with Gasteiger partial charge in [0.15, 0.2) is 5.17 Å². The zero-order valence-corrected chi connectivity index (χ0v) is 18.3. The maximum atomic E-state index is 12.2. The van der Waals surface area contributed by atoms with Gasteiger partial charge in [-0.1, -0.05) is 48.0 Å². The molecule has 2 aromatic rings. The number of ether oxygens (including phenoxy) is 1. The summed E-state index contributed by atoms with van der Waals surface area (Å²) >= 11 is 15.6. The van der Waals surface area contributed by atoms with Crippen LogP contribution in [0.15, 0.2) is 59.0 Å². The van der Waals surface area contributed by atoms with Crippen LogP contribution in [0.5, 0.6) is 5.75 Å². The number of nitrogens with one attached hydrogen (secondary N) is 1. The number of amides is 1. The molecule has 3 rings (SSSR count). The number of benzene rings is 2. The summed E-state index contributed by atoms with van der Waals surface area (Å²) in [6.45, 7) is 4.08. The Morgan fingerprint density at radius 3 is 2.85 bits per heavy atom. The molecule has 0 spiro atoms. The predicted octanol–water partition coefficient (Wildman–Crippen LogP) is 6.05. The van der Waals surface area contributed by atoms with Crippen molar-refractivity contribution in [2.45, 2.75) is 0 Å². The van der Waals surface area contributed by atoms with Gasteiger partial charge in [-0.15, -0.1) is 0 Å². The molecule has 1 aliphatic heterocycles. The van der Waals surface area contributed by atoms with E-state index in [-0.39, 0.29) is 5.91 Å². The van der Waals surface area contributed by atoms with Crippen LogP contribution in [0.2, 0.25) is 10.0 Å². The van der Waals surface area contributed by atoms with E-state index in [9.17, 15) is 4.79 Å². The smallest absolute Gasteiger partial charge is 0.264 e. The van der Waals surface area contributed by atoms with E-state index in [1.54, 1.807) is 24.3 Å². The Morgan fingerprint density at radius 2 is 2.11 bits per heavy atom. The number of carbonyl (C=O) groups excluding carboxylic acids is 1. The summed E-state index contributed by atoms with van der Waals surface area (Å²) in [5.74, 6) is 0.568. The van der Waals surface area contributed by atoms with E-state index in [1.807, 2.05) is 24.3 Å². The van der Waals surface area contributed by atoms with Crippen molar-refractivity contribution in [3.05, 3.63) is 73.1 Å². The van der Waals surface area contributed by atoms with Gasteiger partial charge in [-0.3, -0.25) is 4.79 Å². The molecule has 1 saturated heterocycles. The molecular weight excluding hydrogens is 518 g/mol. The Hall–Kier alpha value is -1.48. The fourth-order valence-electron chi connectivity index (χ4n) is 2.19. The number of nitrogens with zero attached hydrogens (tertiary/aromatic N) is 1. The molecule has 0 radical (unpaired) electrons. The minimum atomic E-state index is -0.209. The molecule has 0 unspecified atom stereocenters. The van der Waals surface area contributed by atoms with E-state index in [0.717, 1.165) is 14.9 Å². The third-order valence-corrected chi connectivity index (χ3v) is 5.98. The van der Waals surface area contributed by atoms with Crippen molar-refractivity contribution in [3.8, 4) is 5.75 Å². The molecule has 1 aliphatic rings. The lowest BCUT2D eigenvalue weighted by molar-refractivity contribution is -0.115. The van der Waals surface area contributed by atoms with Crippen LogP contribution in [0.1, 0.15) is 5.56 Å². The first-order valence-corrected chi connectivity index (χ1v) is 10.4. The topological polar surface area (TPSA) is 50.7 Å². The van der Waals surface area contributed by atoms with Crippen LogP contribution < -0.4 is 10.1 Å². The van der Waals surface area contributed by atoms with Gasteiger partial charge in [0.1, 0.15) is 12.4 Å². The largest absolute Gasteiger partial charge is 0.488 e. The molecule has 1 fully saturated rings. The monoisotopic (exact) mass is 530 g/mol. The summed E-state index contributed by atoms with van der Waals surface area (Å²) in [6.07, 6.45) is 3.50. The summed E-state index contributed by atoms with van der Waals surface area (Å²) in [5.41, 5.74) is 1.40. The van der Waals surface area contributed by atoms with Crippen LogP contribution in [0.4, 0.5) is 5.69 Å². The van der Waals surface area contributed by atoms with Crippen molar-refractivity contribution in [2.75, 3.05) is 6.61 Å². The first-order valence-electron chi connectivity index (χ1n) is 7.75. The summed E-state index contributed by atoms with van der Waals surface area (Å²) in [7, 11) is 0. The lowest BCUT2D eigenvalue weighted by atomic mass is 10.2. The average Bonchev–Trinajstić information content (AvgIpc) is 2.97. The molecule has 0 atom stereocenters. The fraction of sp³-hybridized carbons (Fsp3) is 0.0526. The normalized spacial score (nSPS) is 16.6. The number of carbonyl (C=O) groups is 1. The number of thioether (sulfide) groups is 1. The molecular formula is C19H13Cl2IN2O2S. The molecule has 0 bridgehead atoms. The van der Waals surface area contributed by atoms with Crippen LogP contribution in [0.25, 0.3) is 6.08 Å². The fourth-order valence-corrected chi connectivity index (χ4v) is 4.06. The minimum Gasteiger partial charge on any atom is -0.488 e. The predicted molar refractivity (Wildman–Crippen MR) is 122 cm³/mol. The SMILES string of the molecule is C=CCOc1ccc(/C=C2/SC(=Nc3cccc(Cl)c3Cl)NC2=O)cc1I. The lowest BCUT2D eigenvalue weighted by Crippen LogP contribution is -2.19. The average molecular weight is 531 g/mol. The van der Waals surface area contributed by atoms with Gasteiger partial charge in [-0.2, -0.15) is 0 Å². The molecule has 1 heterocycles. The van der Waals surface area contributed by atoms with Crippen molar-refractivity contribution in [1.82, 2.24) is 5.32 Å². The second-order valence-electron chi connectivity index (χ2n) is 5.34. The second-order valence-corrected chi connectivity index (χ2v) is 8.32. The Bertz CT molecular complexity index is 976. The van der Waals surface area contributed by atoms with Gasteiger partial charge in [0.05, 0.1) is 24.2 Å². The van der Waals surface area contributed by atoms with Crippen LogP contribution >= 0.6 is 57.6 Å². The number of rotatable bonds is 5. The number of hydrogen-bond acceptors (Lipinski definition) is 4. The van der Waals surface area contributed by atoms with E-state index in [1.165, 1.54) is 11.8 Å². The maximum absolute atomic E-state index is 12.2. The molecule has 8 heteroatoms. The Kier molecular flexibility index (Phi) is 6.86. The molecule has 0 saturated carbocycles. The number of aliphatic imine (C=N–C) groups is 1. The highest BCUT2D eigenvalue weighted by Crippen LogP contribution is 2.34. The van der Waals surface area contributed by atoms with E-state index >= 15 is 0 Å². The highest BCUT2D eigenvalue weighted by Gasteiger charge is 2.24. The molecule has 0 aromatic heterocycles. The highest BCUT2D eigenvalue weighted by molar-refractivity contribution is 14.1. The van der Waals surface area contributed by atoms with Gasteiger partial charge in [0, 0.05) is 0 Å². The second kappa shape index (κ2) is 9.14. The number of halogens is 3. The Balaban J connectivity index is 1.81. The van der Waals surface area contributed by atoms with Crippen LogP contribution in [0, 0.1) is 3.57 Å². The molecule has 1 amide bonds. The quantitative estimate of drug-likeness (QED) is 0.290. The van der Waals surface area contributed by atoms with Crippen molar-refractivity contribution in [3.63, 3.8) is 0 Å². The first-order chi connectivity index (χ1) is 13.0. The molecule has 0 aliphatic carbocycles. The van der Waals surface area contributed by atoms with Gasteiger partial charge >= 0.3 is 0 Å². The summed E-state index contributed by atoms with van der Waals surface area (Å²) in [6, 6.07) is 10.9. The van der Waals surface area contributed by atoms with Crippen molar-refractivity contribution in [1.29, 1.82) is 0 Å². The number of hydrogen-bond donors (Lipinski definition) is 1. The molecule has 4 nitrogen and oxygen atoms in total. The van der Waals surface area contributed by atoms with E-state index in [2.05, 4.69) is 39.5 Å². The van der Waals surface area contributed by atoms with Gasteiger partial charge in [0.25, 0.3) is 5.91 Å². The van der Waals surface area contributed by atoms with Crippen LogP contribution in [-0.2, 0) is 4.79 Å². The van der Waals surface area contributed by atoms with Crippen molar-refractivity contribution < 1.29 is 9.53 Å². The van der Waals surface area contributed by atoms with Gasteiger partial charge in [0.2, 0.25) is 0 Å². The van der Waals surface area contributed by atoms with E-state index in [0.29, 0.717) is 32.4 Å². The zero-order chi connectivity index (χ0) is 19.4. The molecule has 138 valence electrons.